The number of methoxy groups -OCH3 is 1. The summed E-state index contributed by atoms with van der Waals surface area (Å²) in [5.74, 6) is -0.377. The van der Waals surface area contributed by atoms with Crippen molar-refractivity contribution in [3.05, 3.63) is 88.5 Å². The molecule has 5 nitrogen and oxygen atoms in total. The molecular formula is C25H19N3O2. The van der Waals surface area contributed by atoms with Crippen LogP contribution in [0.2, 0.25) is 0 Å². The molecule has 3 aromatic rings. The summed E-state index contributed by atoms with van der Waals surface area (Å²) in [5, 5.41) is 9.12. The number of carbonyl (C=O) groups is 1. The topological polar surface area (TPSA) is 65.7 Å². The highest BCUT2D eigenvalue weighted by atomic mass is 16.5. The molecule has 0 atom stereocenters. The SMILES string of the molecule is COC(=O)c1ccc2c(c1)N=C(c1ccc(C#N)cc1)Cc1cccc3c1N2CC3. The van der Waals surface area contributed by atoms with Gasteiger partial charge in [0.25, 0.3) is 0 Å². The second-order valence-electron chi connectivity index (χ2n) is 7.45. The second-order valence-corrected chi connectivity index (χ2v) is 7.45. The fourth-order valence-electron chi connectivity index (χ4n) is 4.28. The number of fused-ring (bicyclic) bond motifs is 2. The lowest BCUT2D eigenvalue weighted by molar-refractivity contribution is 0.0601. The van der Waals surface area contributed by atoms with Crippen LogP contribution in [-0.4, -0.2) is 25.3 Å². The zero-order chi connectivity index (χ0) is 20.7. The molecule has 2 aliphatic heterocycles. The highest BCUT2D eigenvalue weighted by Gasteiger charge is 2.28. The van der Waals surface area contributed by atoms with Crippen molar-refractivity contribution < 1.29 is 9.53 Å². The van der Waals surface area contributed by atoms with E-state index in [1.807, 2.05) is 30.3 Å². The van der Waals surface area contributed by atoms with Crippen LogP contribution in [0, 0.1) is 11.3 Å². The molecule has 30 heavy (non-hydrogen) atoms. The Balaban J connectivity index is 1.73. The van der Waals surface area contributed by atoms with Crippen molar-refractivity contribution >= 4 is 28.7 Å². The van der Waals surface area contributed by atoms with E-state index in [2.05, 4.69) is 29.2 Å². The van der Waals surface area contributed by atoms with E-state index in [9.17, 15) is 4.79 Å². The van der Waals surface area contributed by atoms with Crippen molar-refractivity contribution in [3.8, 4) is 6.07 Å². The van der Waals surface area contributed by atoms with Gasteiger partial charge in [-0.1, -0.05) is 30.3 Å². The van der Waals surface area contributed by atoms with Crippen LogP contribution in [0.1, 0.15) is 32.6 Å². The number of carbonyl (C=O) groups excluding carboxylic acids is 1. The van der Waals surface area contributed by atoms with E-state index in [-0.39, 0.29) is 5.97 Å². The molecule has 0 bridgehead atoms. The van der Waals surface area contributed by atoms with Crippen LogP contribution in [-0.2, 0) is 17.6 Å². The largest absolute Gasteiger partial charge is 0.465 e. The monoisotopic (exact) mass is 393 g/mol. The van der Waals surface area contributed by atoms with Gasteiger partial charge in [0.05, 0.1) is 41.4 Å². The minimum atomic E-state index is -0.377. The van der Waals surface area contributed by atoms with Crippen LogP contribution < -0.4 is 4.90 Å². The molecule has 0 fully saturated rings. The Bertz CT molecular complexity index is 1240. The molecule has 0 radical (unpaired) electrons. The Kier molecular flexibility index (Phi) is 4.33. The third kappa shape index (κ3) is 2.94. The Morgan fingerprint density at radius 1 is 1.10 bits per heavy atom. The predicted molar refractivity (Wildman–Crippen MR) is 116 cm³/mol. The van der Waals surface area contributed by atoms with Crippen LogP contribution in [0.3, 0.4) is 0 Å². The summed E-state index contributed by atoms with van der Waals surface area (Å²) in [6, 6.07) is 21.7. The number of rotatable bonds is 2. The Morgan fingerprint density at radius 3 is 2.67 bits per heavy atom. The first-order chi connectivity index (χ1) is 14.7. The lowest BCUT2D eigenvalue weighted by Crippen LogP contribution is -2.19. The molecule has 0 amide bonds. The highest BCUT2D eigenvalue weighted by Crippen LogP contribution is 2.44. The van der Waals surface area contributed by atoms with Crippen molar-refractivity contribution in [1.29, 1.82) is 5.26 Å². The molecular weight excluding hydrogens is 374 g/mol. The fourth-order valence-corrected chi connectivity index (χ4v) is 4.28. The van der Waals surface area contributed by atoms with Crippen LogP contribution in [0.15, 0.2) is 65.7 Å². The minimum Gasteiger partial charge on any atom is -0.465 e. The van der Waals surface area contributed by atoms with Gasteiger partial charge in [0.15, 0.2) is 0 Å². The minimum absolute atomic E-state index is 0.377. The fraction of sp³-hybridized carbons (Fsp3) is 0.160. The zero-order valence-electron chi connectivity index (χ0n) is 16.6. The van der Waals surface area contributed by atoms with Gasteiger partial charge in [-0.3, -0.25) is 4.99 Å². The Labute approximate surface area is 174 Å². The summed E-state index contributed by atoms with van der Waals surface area (Å²) in [7, 11) is 1.38. The number of hydrogen-bond donors (Lipinski definition) is 0. The Hall–Kier alpha value is -3.91. The van der Waals surface area contributed by atoms with Crippen molar-refractivity contribution in [1.82, 2.24) is 0 Å². The maximum Gasteiger partial charge on any atom is 0.337 e. The van der Waals surface area contributed by atoms with Gasteiger partial charge in [-0.25, -0.2) is 4.79 Å². The van der Waals surface area contributed by atoms with Gasteiger partial charge in [-0.15, -0.1) is 0 Å². The van der Waals surface area contributed by atoms with Gasteiger partial charge in [0, 0.05) is 18.7 Å². The molecule has 146 valence electrons. The summed E-state index contributed by atoms with van der Waals surface area (Å²) in [6.07, 6.45) is 1.65. The van der Waals surface area contributed by atoms with E-state index in [4.69, 9.17) is 15.0 Å². The molecule has 0 aliphatic carbocycles. The van der Waals surface area contributed by atoms with Crippen molar-refractivity contribution in [2.24, 2.45) is 4.99 Å². The summed E-state index contributed by atoms with van der Waals surface area (Å²) in [6.45, 7) is 0.888. The summed E-state index contributed by atoms with van der Waals surface area (Å²) >= 11 is 0. The standard InChI is InChI=1S/C25H19N3O2/c1-30-25(29)20-9-10-23-22(14-20)27-21(17-7-5-16(15-26)6-8-17)13-19-4-2-3-18-11-12-28(23)24(18)19/h2-10,14H,11-13H2,1H3. The third-order valence-corrected chi connectivity index (χ3v) is 5.73. The number of anilines is 2. The average molecular weight is 393 g/mol. The number of para-hydroxylation sites is 1. The summed E-state index contributed by atoms with van der Waals surface area (Å²) < 4.78 is 4.91. The van der Waals surface area contributed by atoms with Crippen molar-refractivity contribution in [2.45, 2.75) is 12.8 Å². The number of hydrogen-bond acceptors (Lipinski definition) is 5. The maximum atomic E-state index is 12.1. The first kappa shape index (κ1) is 18.1. The van der Waals surface area contributed by atoms with Crippen LogP contribution in [0.4, 0.5) is 17.1 Å². The lowest BCUT2D eigenvalue weighted by Gasteiger charge is -2.27. The Morgan fingerprint density at radius 2 is 1.90 bits per heavy atom. The van der Waals surface area contributed by atoms with E-state index < -0.39 is 0 Å². The number of nitriles is 1. The molecule has 2 aliphatic rings. The number of benzene rings is 3. The van der Waals surface area contributed by atoms with Crippen LogP contribution in [0.5, 0.6) is 0 Å². The van der Waals surface area contributed by atoms with E-state index in [0.717, 1.165) is 35.6 Å². The molecule has 5 rings (SSSR count). The zero-order valence-corrected chi connectivity index (χ0v) is 16.6. The first-order valence-electron chi connectivity index (χ1n) is 9.86. The molecule has 0 saturated carbocycles. The number of esters is 1. The normalized spacial score (nSPS) is 14.0. The average Bonchev–Trinajstić information content (AvgIpc) is 3.21. The van der Waals surface area contributed by atoms with E-state index >= 15 is 0 Å². The quantitative estimate of drug-likeness (QED) is 0.591. The van der Waals surface area contributed by atoms with Gasteiger partial charge in [-0.05, 0) is 53.4 Å². The van der Waals surface area contributed by atoms with Gasteiger partial charge in [0.1, 0.15) is 0 Å². The molecule has 0 spiro atoms. The van der Waals surface area contributed by atoms with Crippen LogP contribution >= 0.6 is 0 Å². The maximum absolute atomic E-state index is 12.1. The molecule has 0 saturated heterocycles. The summed E-state index contributed by atoms with van der Waals surface area (Å²) in [5.41, 5.74) is 8.50. The van der Waals surface area contributed by atoms with Crippen molar-refractivity contribution in [3.63, 3.8) is 0 Å². The van der Waals surface area contributed by atoms with Gasteiger partial charge >= 0.3 is 5.97 Å². The van der Waals surface area contributed by atoms with Gasteiger partial charge in [-0.2, -0.15) is 5.26 Å². The molecule has 0 N–H and O–H groups in total. The van der Waals surface area contributed by atoms with E-state index in [1.165, 1.54) is 23.9 Å². The number of nitrogens with zero attached hydrogens (tertiary/aromatic N) is 3. The van der Waals surface area contributed by atoms with Gasteiger partial charge < -0.3 is 9.64 Å². The third-order valence-electron chi connectivity index (χ3n) is 5.73. The summed E-state index contributed by atoms with van der Waals surface area (Å²) in [4.78, 5) is 19.4. The molecule has 5 heteroatoms. The number of ether oxygens (including phenoxy) is 1. The predicted octanol–water partition coefficient (Wildman–Crippen LogP) is 4.72. The van der Waals surface area contributed by atoms with Crippen LogP contribution in [0.25, 0.3) is 0 Å². The van der Waals surface area contributed by atoms with E-state index in [1.54, 1.807) is 12.1 Å². The first-order valence-corrected chi connectivity index (χ1v) is 9.86. The smallest absolute Gasteiger partial charge is 0.337 e. The molecule has 0 unspecified atom stereocenters. The van der Waals surface area contributed by atoms with Crippen molar-refractivity contribution in [2.75, 3.05) is 18.6 Å². The lowest BCUT2D eigenvalue weighted by atomic mass is 9.96. The number of aliphatic imine (C=N–C) groups is 1. The van der Waals surface area contributed by atoms with Gasteiger partial charge in [0.2, 0.25) is 0 Å². The van der Waals surface area contributed by atoms with E-state index in [0.29, 0.717) is 17.5 Å². The molecule has 0 aromatic heterocycles. The highest BCUT2D eigenvalue weighted by molar-refractivity contribution is 6.06. The molecule has 2 heterocycles. The molecule has 3 aromatic carbocycles. The second kappa shape index (κ2) is 7.16.